The average Bonchev–Trinajstić information content (AvgIpc) is 3.25. The summed E-state index contributed by atoms with van der Waals surface area (Å²) in [5, 5.41) is 11.5. The van der Waals surface area contributed by atoms with Gasteiger partial charge in [0.15, 0.2) is 0 Å². The number of nitro groups is 1. The van der Waals surface area contributed by atoms with E-state index < -0.39 is 0 Å². The van der Waals surface area contributed by atoms with Crippen LogP contribution in [0.15, 0.2) is 24.3 Å². The zero-order valence-electron chi connectivity index (χ0n) is 16.7. The van der Waals surface area contributed by atoms with Crippen LogP contribution < -0.4 is 4.90 Å². The van der Waals surface area contributed by atoms with Crippen LogP contribution in [0.5, 0.6) is 0 Å². The van der Waals surface area contributed by atoms with Gasteiger partial charge in [-0.1, -0.05) is 19.4 Å². The van der Waals surface area contributed by atoms with Crippen LogP contribution in [0.1, 0.15) is 38.2 Å². The third-order valence-corrected chi connectivity index (χ3v) is 5.57. The summed E-state index contributed by atoms with van der Waals surface area (Å²) in [4.78, 5) is 29.9. The Morgan fingerprint density at radius 2 is 1.86 bits per heavy atom. The molecule has 7 heteroatoms. The lowest BCUT2D eigenvalue weighted by atomic mass is 10.1. The van der Waals surface area contributed by atoms with E-state index in [2.05, 4.69) is 16.7 Å². The van der Waals surface area contributed by atoms with Crippen LogP contribution >= 0.6 is 0 Å². The molecular weight excluding hydrogens is 356 g/mol. The van der Waals surface area contributed by atoms with Gasteiger partial charge in [0.05, 0.1) is 4.92 Å². The van der Waals surface area contributed by atoms with Gasteiger partial charge < -0.3 is 9.80 Å². The van der Waals surface area contributed by atoms with Crippen LogP contribution in [0.2, 0.25) is 0 Å². The van der Waals surface area contributed by atoms with Gasteiger partial charge in [0.25, 0.3) is 5.69 Å². The first-order chi connectivity index (χ1) is 13.6. The van der Waals surface area contributed by atoms with Crippen molar-refractivity contribution in [3.63, 3.8) is 0 Å². The van der Waals surface area contributed by atoms with Gasteiger partial charge in [-0.25, -0.2) is 0 Å². The Balaban J connectivity index is 1.61. The zero-order valence-corrected chi connectivity index (χ0v) is 16.7. The van der Waals surface area contributed by atoms with E-state index in [9.17, 15) is 14.9 Å². The first-order valence-electron chi connectivity index (χ1n) is 10.3. The van der Waals surface area contributed by atoms with Crippen molar-refractivity contribution < 1.29 is 9.72 Å². The highest BCUT2D eigenvalue weighted by Gasteiger charge is 2.22. The summed E-state index contributed by atoms with van der Waals surface area (Å²) in [5.74, 6) is -0.0265. The van der Waals surface area contributed by atoms with E-state index in [4.69, 9.17) is 0 Å². The highest BCUT2D eigenvalue weighted by atomic mass is 16.6. The van der Waals surface area contributed by atoms with E-state index in [0.717, 1.165) is 58.7 Å². The predicted octanol–water partition coefficient (Wildman–Crippen LogP) is 3.15. The number of nitrogens with zero attached hydrogens (tertiary/aromatic N) is 4. The van der Waals surface area contributed by atoms with Gasteiger partial charge in [0.2, 0.25) is 5.91 Å². The molecule has 152 valence electrons. The third-order valence-electron chi connectivity index (χ3n) is 5.57. The lowest BCUT2D eigenvalue weighted by Crippen LogP contribution is -2.48. The summed E-state index contributed by atoms with van der Waals surface area (Å²) in [6, 6.07) is 5.23. The van der Waals surface area contributed by atoms with E-state index in [1.165, 1.54) is 18.9 Å². The van der Waals surface area contributed by atoms with Crippen LogP contribution in [-0.4, -0.2) is 66.4 Å². The Bertz CT molecular complexity index is 720. The number of carbonyl (C=O) groups excluding carboxylic acids is 1. The molecule has 1 amide bonds. The number of rotatable bonds is 7. The van der Waals surface area contributed by atoms with Gasteiger partial charge in [0.1, 0.15) is 5.69 Å². The minimum absolute atomic E-state index is 0.0265. The number of carbonyl (C=O) groups is 1. The van der Waals surface area contributed by atoms with Gasteiger partial charge in [0, 0.05) is 51.4 Å². The first kappa shape index (κ1) is 20.3. The van der Waals surface area contributed by atoms with Crippen LogP contribution in [0.4, 0.5) is 11.4 Å². The van der Waals surface area contributed by atoms with E-state index in [-0.39, 0.29) is 16.5 Å². The topological polar surface area (TPSA) is 69.9 Å². The van der Waals surface area contributed by atoms with Crippen molar-refractivity contribution in [2.24, 2.45) is 0 Å². The molecule has 0 unspecified atom stereocenters. The van der Waals surface area contributed by atoms with Crippen molar-refractivity contribution in [1.29, 1.82) is 0 Å². The predicted molar refractivity (Wildman–Crippen MR) is 112 cm³/mol. The Morgan fingerprint density at radius 3 is 2.50 bits per heavy atom. The van der Waals surface area contributed by atoms with E-state index >= 15 is 0 Å². The number of hydrogen-bond acceptors (Lipinski definition) is 5. The molecule has 0 bridgehead atoms. The number of benzene rings is 1. The molecule has 0 N–H and O–H groups in total. The first-order valence-corrected chi connectivity index (χ1v) is 10.3. The molecule has 2 aliphatic heterocycles. The molecule has 0 aliphatic carbocycles. The summed E-state index contributed by atoms with van der Waals surface area (Å²) >= 11 is 0. The maximum atomic E-state index is 12.5. The van der Waals surface area contributed by atoms with Crippen molar-refractivity contribution in [1.82, 2.24) is 9.80 Å². The molecule has 7 nitrogen and oxygen atoms in total. The molecule has 2 aliphatic rings. The third kappa shape index (κ3) is 5.10. The Morgan fingerprint density at radius 1 is 1.14 bits per heavy atom. The number of amides is 1. The van der Waals surface area contributed by atoms with Crippen molar-refractivity contribution in [2.45, 2.75) is 32.6 Å². The van der Waals surface area contributed by atoms with Gasteiger partial charge >= 0.3 is 0 Å². The maximum Gasteiger partial charge on any atom is 0.293 e. The SMILES string of the molecule is CCCCN1CCN(C(=O)C=Cc2ccc(N3CCCC3)c([N+](=O)[O-])c2)CC1. The number of anilines is 1. The van der Waals surface area contributed by atoms with Crippen LogP contribution in [0, 0.1) is 10.1 Å². The fourth-order valence-electron chi connectivity index (χ4n) is 3.86. The second kappa shape index (κ2) is 9.68. The molecule has 1 aromatic carbocycles. The van der Waals surface area contributed by atoms with E-state index in [1.54, 1.807) is 18.2 Å². The fraction of sp³-hybridized carbons (Fsp3) is 0.571. The summed E-state index contributed by atoms with van der Waals surface area (Å²) in [6.07, 6.45) is 7.74. The maximum absolute atomic E-state index is 12.5. The van der Waals surface area contributed by atoms with Crippen molar-refractivity contribution in [3.05, 3.63) is 40.0 Å². The summed E-state index contributed by atoms with van der Waals surface area (Å²) in [6.45, 7) is 8.30. The zero-order chi connectivity index (χ0) is 19.9. The molecule has 0 atom stereocenters. The smallest absolute Gasteiger partial charge is 0.293 e. The van der Waals surface area contributed by atoms with Crippen LogP contribution in [0.25, 0.3) is 6.08 Å². The van der Waals surface area contributed by atoms with Crippen LogP contribution in [-0.2, 0) is 4.79 Å². The monoisotopic (exact) mass is 386 g/mol. The van der Waals surface area contributed by atoms with Gasteiger partial charge in [-0.2, -0.15) is 0 Å². The molecule has 0 spiro atoms. The lowest BCUT2D eigenvalue weighted by Gasteiger charge is -2.34. The lowest BCUT2D eigenvalue weighted by molar-refractivity contribution is -0.384. The summed E-state index contributed by atoms with van der Waals surface area (Å²) in [5.41, 5.74) is 1.47. The minimum atomic E-state index is -0.331. The molecule has 2 fully saturated rings. The van der Waals surface area contributed by atoms with Crippen LogP contribution in [0.3, 0.4) is 0 Å². The molecular formula is C21H30N4O3. The highest BCUT2D eigenvalue weighted by molar-refractivity contribution is 5.92. The molecule has 0 radical (unpaired) electrons. The molecule has 2 saturated heterocycles. The number of piperazine rings is 1. The molecule has 3 rings (SSSR count). The Labute approximate surface area is 166 Å². The highest BCUT2D eigenvalue weighted by Crippen LogP contribution is 2.32. The van der Waals surface area contributed by atoms with Gasteiger partial charge in [-0.3, -0.25) is 19.8 Å². The fourth-order valence-corrected chi connectivity index (χ4v) is 3.86. The van der Waals surface area contributed by atoms with Gasteiger partial charge in [-0.05, 0) is 43.5 Å². The molecule has 28 heavy (non-hydrogen) atoms. The molecule has 0 saturated carbocycles. The van der Waals surface area contributed by atoms with E-state index in [1.807, 2.05) is 11.0 Å². The minimum Gasteiger partial charge on any atom is -0.366 e. The quantitative estimate of drug-likeness (QED) is 0.409. The Hall–Kier alpha value is -2.41. The summed E-state index contributed by atoms with van der Waals surface area (Å²) in [7, 11) is 0. The van der Waals surface area contributed by atoms with E-state index in [0.29, 0.717) is 11.3 Å². The molecule has 2 heterocycles. The van der Waals surface area contributed by atoms with Crippen molar-refractivity contribution in [2.75, 3.05) is 50.7 Å². The average molecular weight is 386 g/mol. The standard InChI is InChI=1S/C21H30N4O3/c1-2-3-10-22-13-15-24(16-14-22)21(26)9-7-18-6-8-19(20(17-18)25(27)28)23-11-4-5-12-23/h6-9,17H,2-5,10-16H2,1H3. The second-order valence-electron chi connectivity index (χ2n) is 7.55. The van der Waals surface area contributed by atoms with Gasteiger partial charge in [-0.15, -0.1) is 0 Å². The second-order valence-corrected chi connectivity index (χ2v) is 7.55. The summed E-state index contributed by atoms with van der Waals surface area (Å²) < 4.78 is 0. The largest absolute Gasteiger partial charge is 0.366 e. The normalized spacial score (nSPS) is 18.2. The number of unbranched alkanes of at least 4 members (excludes halogenated alkanes) is 1. The van der Waals surface area contributed by atoms with Crippen molar-refractivity contribution >= 4 is 23.4 Å². The molecule has 0 aromatic heterocycles. The number of nitro benzene ring substituents is 1. The number of hydrogen-bond donors (Lipinski definition) is 0. The Kier molecular flexibility index (Phi) is 7.03. The molecule has 1 aromatic rings. The van der Waals surface area contributed by atoms with Crippen molar-refractivity contribution in [3.8, 4) is 0 Å².